The number of benzene rings is 1. The molecule has 1 aromatic carbocycles. The molecule has 2 N–H and O–H groups in total. The van der Waals surface area contributed by atoms with Crippen LogP contribution in [0.2, 0.25) is 5.28 Å². The lowest BCUT2D eigenvalue weighted by atomic mass is 10.1. The van der Waals surface area contributed by atoms with Gasteiger partial charge in [0.2, 0.25) is 17.2 Å². The Balaban J connectivity index is 1.86. The molecule has 0 unspecified atom stereocenters. The first-order valence-corrected chi connectivity index (χ1v) is 6.60. The van der Waals surface area contributed by atoms with Gasteiger partial charge in [-0.05, 0) is 54.1 Å². The first-order chi connectivity index (χ1) is 9.24. The zero-order valence-corrected chi connectivity index (χ0v) is 11.3. The average Bonchev–Trinajstić information content (AvgIpc) is 2.85. The molecule has 0 amide bonds. The van der Waals surface area contributed by atoms with Gasteiger partial charge in [0.05, 0.1) is 0 Å². The van der Waals surface area contributed by atoms with Crippen molar-refractivity contribution in [2.24, 2.45) is 0 Å². The minimum absolute atomic E-state index is 0.169. The summed E-state index contributed by atoms with van der Waals surface area (Å²) in [7, 11) is 1.74. The van der Waals surface area contributed by atoms with Gasteiger partial charge in [0.25, 0.3) is 0 Å². The molecule has 1 aliphatic rings. The molecule has 0 atom stereocenters. The van der Waals surface area contributed by atoms with E-state index in [0.29, 0.717) is 11.9 Å². The number of aromatic nitrogens is 3. The summed E-state index contributed by atoms with van der Waals surface area (Å²) in [5.74, 6) is 0.894. The van der Waals surface area contributed by atoms with Crippen molar-refractivity contribution in [3.8, 4) is 0 Å². The Hall–Kier alpha value is -1.88. The van der Waals surface area contributed by atoms with E-state index >= 15 is 0 Å². The van der Waals surface area contributed by atoms with Crippen molar-refractivity contribution in [3.05, 3.63) is 34.6 Å². The van der Waals surface area contributed by atoms with Gasteiger partial charge in [-0.3, -0.25) is 0 Å². The lowest BCUT2D eigenvalue weighted by Crippen LogP contribution is -2.03. The van der Waals surface area contributed by atoms with Crippen LogP contribution in [0.15, 0.2) is 18.2 Å². The highest BCUT2D eigenvalue weighted by molar-refractivity contribution is 6.28. The monoisotopic (exact) mass is 275 g/mol. The molecule has 98 valence electrons. The Labute approximate surface area is 116 Å². The van der Waals surface area contributed by atoms with E-state index < -0.39 is 0 Å². The first-order valence-electron chi connectivity index (χ1n) is 6.23. The number of nitrogens with zero attached hydrogens (tertiary/aromatic N) is 3. The molecule has 6 heteroatoms. The van der Waals surface area contributed by atoms with E-state index in [4.69, 9.17) is 11.6 Å². The fourth-order valence-electron chi connectivity index (χ4n) is 2.30. The van der Waals surface area contributed by atoms with Gasteiger partial charge in [0.1, 0.15) is 0 Å². The van der Waals surface area contributed by atoms with Crippen LogP contribution in [-0.2, 0) is 12.8 Å². The van der Waals surface area contributed by atoms with E-state index in [9.17, 15) is 0 Å². The molecular weight excluding hydrogens is 262 g/mol. The van der Waals surface area contributed by atoms with Crippen molar-refractivity contribution >= 4 is 29.2 Å². The minimum Gasteiger partial charge on any atom is -0.357 e. The number of rotatable bonds is 3. The molecule has 5 nitrogen and oxygen atoms in total. The summed E-state index contributed by atoms with van der Waals surface area (Å²) >= 11 is 5.85. The third-order valence-electron chi connectivity index (χ3n) is 3.19. The first kappa shape index (κ1) is 12.2. The molecule has 0 saturated heterocycles. The van der Waals surface area contributed by atoms with Gasteiger partial charge < -0.3 is 10.6 Å². The highest BCUT2D eigenvalue weighted by atomic mass is 35.5. The fraction of sp³-hybridized carbons (Fsp3) is 0.308. The Bertz CT molecular complexity index is 614. The molecule has 1 heterocycles. The molecular formula is C13H14ClN5. The van der Waals surface area contributed by atoms with Gasteiger partial charge in [-0.1, -0.05) is 6.07 Å². The van der Waals surface area contributed by atoms with Gasteiger partial charge in [-0.15, -0.1) is 0 Å². The molecule has 0 saturated carbocycles. The maximum atomic E-state index is 5.85. The molecule has 19 heavy (non-hydrogen) atoms. The quantitative estimate of drug-likeness (QED) is 0.902. The van der Waals surface area contributed by atoms with Crippen LogP contribution >= 0.6 is 11.6 Å². The summed E-state index contributed by atoms with van der Waals surface area (Å²) in [5, 5.41) is 6.18. The van der Waals surface area contributed by atoms with E-state index in [1.165, 1.54) is 24.0 Å². The molecule has 0 fully saturated rings. The molecule has 3 rings (SSSR count). The van der Waals surface area contributed by atoms with Crippen molar-refractivity contribution < 1.29 is 0 Å². The Morgan fingerprint density at radius 2 is 1.84 bits per heavy atom. The Kier molecular flexibility index (Phi) is 3.21. The molecule has 2 aromatic rings. The number of anilines is 3. The topological polar surface area (TPSA) is 62.7 Å². The second kappa shape index (κ2) is 5.01. The van der Waals surface area contributed by atoms with Crippen LogP contribution < -0.4 is 10.6 Å². The number of nitrogens with one attached hydrogen (secondary N) is 2. The highest BCUT2D eigenvalue weighted by Crippen LogP contribution is 2.26. The number of hydrogen-bond acceptors (Lipinski definition) is 5. The van der Waals surface area contributed by atoms with E-state index in [1.807, 2.05) is 6.07 Å². The van der Waals surface area contributed by atoms with E-state index in [1.54, 1.807) is 7.05 Å². The lowest BCUT2D eigenvalue weighted by molar-refractivity contribution is 0.912. The number of halogens is 1. The lowest BCUT2D eigenvalue weighted by Gasteiger charge is -2.08. The molecule has 1 aromatic heterocycles. The van der Waals surface area contributed by atoms with Gasteiger partial charge >= 0.3 is 0 Å². The van der Waals surface area contributed by atoms with Crippen LogP contribution in [0.1, 0.15) is 17.5 Å². The maximum absolute atomic E-state index is 5.85. The molecule has 0 radical (unpaired) electrons. The highest BCUT2D eigenvalue weighted by Gasteiger charge is 2.11. The number of aryl methyl sites for hydroxylation is 2. The summed E-state index contributed by atoms with van der Waals surface area (Å²) in [5.41, 5.74) is 3.82. The van der Waals surface area contributed by atoms with Crippen molar-refractivity contribution in [2.75, 3.05) is 17.7 Å². The Morgan fingerprint density at radius 1 is 1.05 bits per heavy atom. The molecule has 0 bridgehead atoms. The van der Waals surface area contributed by atoms with Crippen LogP contribution in [0.4, 0.5) is 17.6 Å². The second-order valence-corrected chi connectivity index (χ2v) is 4.80. The van der Waals surface area contributed by atoms with E-state index in [-0.39, 0.29) is 5.28 Å². The van der Waals surface area contributed by atoms with Gasteiger partial charge in [0.15, 0.2) is 0 Å². The summed E-state index contributed by atoms with van der Waals surface area (Å²) in [4.78, 5) is 12.2. The minimum atomic E-state index is 0.169. The predicted molar refractivity (Wildman–Crippen MR) is 76.1 cm³/mol. The van der Waals surface area contributed by atoms with Crippen molar-refractivity contribution in [2.45, 2.75) is 19.3 Å². The smallest absolute Gasteiger partial charge is 0.233 e. The van der Waals surface area contributed by atoms with Gasteiger partial charge in [0, 0.05) is 12.7 Å². The van der Waals surface area contributed by atoms with Crippen LogP contribution in [0.25, 0.3) is 0 Å². The summed E-state index contributed by atoms with van der Waals surface area (Å²) in [6.07, 6.45) is 3.56. The van der Waals surface area contributed by atoms with Crippen LogP contribution in [-0.4, -0.2) is 22.0 Å². The van der Waals surface area contributed by atoms with E-state index in [0.717, 1.165) is 12.1 Å². The number of fused-ring (bicyclic) bond motifs is 1. The summed E-state index contributed by atoms with van der Waals surface area (Å²) in [6, 6.07) is 6.35. The second-order valence-electron chi connectivity index (χ2n) is 4.46. The third-order valence-corrected chi connectivity index (χ3v) is 3.36. The summed E-state index contributed by atoms with van der Waals surface area (Å²) < 4.78 is 0. The Morgan fingerprint density at radius 3 is 2.68 bits per heavy atom. The number of hydrogen-bond donors (Lipinski definition) is 2. The third kappa shape index (κ3) is 2.61. The maximum Gasteiger partial charge on any atom is 0.233 e. The molecule has 0 spiro atoms. The largest absolute Gasteiger partial charge is 0.357 e. The van der Waals surface area contributed by atoms with Gasteiger partial charge in [-0.2, -0.15) is 15.0 Å². The zero-order valence-electron chi connectivity index (χ0n) is 10.6. The molecule has 0 aliphatic heterocycles. The predicted octanol–water partition coefficient (Wildman–Crippen LogP) is 2.80. The summed E-state index contributed by atoms with van der Waals surface area (Å²) in [6.45, 7) is 0. The van der Waals surface area contributed by atoms with E-state index in [2.05, 4.69) is 37.7 Å². The van der Waals surface area contributed by atoms with Gasteiger partial charge in [-0.25, -0.2) is 0 Å². The SMILES string of the molecule is CNc1nc(Cl)nc(Nc2ccc3c(c2)CCC3)n1. The van der Waals surface area contributed by atoms with Crippen molar-refractivity contribution in [1.82, 2.24) is 15.0 Å². The van der Waals surface area contributed by atoms with Crippen LogP contribution in [0.3, 0.4) is 0 Å². The normalized spacial score (nSPS) is 13.2. The van der Waals surface area contributed by atoms with Crippen molar-refractivity contribution in [3.63, 3.8) is 0 Å². The van der Waals surface area contributed by atoms with Crippen LogP contribution in [0.5, 0.6) is 0 Å². The average molecular weight is 276 g/mol. The van der Waals surface area contributed by atoms with Crippen molar-refractivity contribution in [1.29, 1.82) is 0 Å². The molecule has 1 aliphatic carbocycles. The fourth-order valence-corrected chi connectivity index (χ4v) is 2.46. The zero-order chi connectivity index (χ0) is 13.2. The standard InChI is InChI=1S/C13H14ClN5/c1-15-12-17-11(14)18-13(19-12)16-10-6-5-8-3-2-4-9(8)7-10/h5-7H,2-4H2,1H3,(H2,15,16,17,18,19). The van der Waals surface area contributed by atoms with Crippen LogP contribution in [0, 0.1) is 0 Å².